The summed E-state index contributed by atoms with van der Waals surface area (Å²) in [7, 11) is 0. The van der Waals surface area contributed by atoms with Crippen molar-refractivity contribution >= 4 is 0 Å². The highest BCUT2D eigenvalue weighted by atomic mass is 19.1. The molecule has 3 nitrogen and oxygen atoms in total. The summed E-state index contributed by atoms with van der Waals surface area (Å²) < 4.78 is 13.1. The number of nitrogens with two attached hydrogens (primary N) is 1. The van der Waals surface area contributed by atoms with Crippen LogP contribution in [0, 0.1) is 12.7 Å². The maximum Gasteiger partial charge on any atom is 0.126 e. The summed E-state index contributed by atoms with van der Waals surface area (Å²) in [5, 5.41) is 7.02. The van der Waals surface area contributed by atoms with Gasteiger partial charge in [0.2, 0.25) is 0 Å². The number of rotatable bonds is 2. The first-order valence-electron chi connectivity index (χ1n) is 5.15. The van der Waals surface area contributed by atoms with E-state index in [1.54, 1.807) is 19.1 Å². The molecule has 2 aromatic rings. The van der Waals surface area contributed by atoms with Crippen molar-refractivity contribution in [3.63, 3.8) is 0 Å². The van der Waals surface area contributed by atoms with Gasteiger partial charge in [0.25, 0.3) is 0 Å². The first-order valence-corrected chi connectivity index (χ1v) is 5.15. The number of nitrogens with zero attached hydrogens (tertiary/aromatic N) is 1. The maximum absolute atomic E-state index is 13.1. The molecular formula is C12H14FN3. The molecule has 2 rings (SSSR count). The van der Waals surface area contributed by atoms with Crippen LogP contribution in [0.5, 0.6) is 0 Å². The molecule has 4 heteroatoms. The van der Waals surface area contributed by atoms with Gasteiger partial charge < -0.3 is 5.73 Å². The number of aromatic amines is 1. The quantitative estimate of drug-likeness (QED) is 0.815. The first-order chi connectivity index (χ1) is 7.58. The summed E-state index contributed by atoms with van der Waals surface area (Å²) in [6.07, 6.45) is 0. The zero-order chi connectivity index (χ0) is 11.7. The highest BCUT2D eigenvalue weighted by molar-refractivity contribution is 5.60. The van der Waals surface area contributed by atoms with Gasteiger partial charge in [0.05, 0.1) is 11.4 Å². The normalized spacial score (nSPS) is 12.8. The molecule has 1 atom stereocenters. The Hall–Kier alpha value is -1.68. The van der Waals surface area contributed by atoms with Crippen LogP contribution in [0.25, 0.3) is 11.3 Å². The molecule has 0 aliphatic carbocycles. The zero-order valence-electron chi connectivity index (χ0n) is 9.29. The second-order valence-corrected chi connectivity index (χ2v) is 3.96. The number of H-pyrrole nitrogens is 1. The molecule has 0 aliphatic heterocycles. The number of aryl methyl sites for hydroxylation is 1. The minimum absolute atomic E-state index is 0.0807. The molecule has 1 aromatic carbocycles. The standard InChI is InChI=1S/C12H14FN3/c1-7-5-9(3-4-10(7)13)12-6-11(8(2)14)15-16-12/h3-6,8H,14H2,1-2H3,(H,15,16). The van der Waals surface area contributed by atoms with Gasteiger partial charge in [0.1, 0.15) is 5.82 Å². The van der Waals surface area contributed by atoms with E-state index in [0.717, 1.165) is 17.0 Å². The van der Waals surface area contributed by atoms with Crippen molar-refractivity contribution in [2.24, 2.45) is 5.73 Å². The minimum Gasteiger partial charge on any atom is -0.323 e. The van der Waals surface area contributed by atoms with Crippen LogP contribution in [-0.2, 0) is 0 Å². The molecular weight excluding hydrogens is 205 g/mol. The average Bonchev–Trinajstić information content (AvgIpc) is 2.71. The molecule has 0 fully saturated rings. The van der Waals surface area contributed by atoms with Crippen LogP contribution in [0.2, 0.25) is 0 Å². The maximum atomic E-state index is 13.1. The van der Waals surface area contributed by atoms with Gasteiger partial charge in [-0.3, -0.25) is 5.10 Å². The lowest BCUT2D eigenvalue weighted by Gasteiger charge is -2.00. The van der Waals surface area contributed by atoms with Gasteiger partial charge in [0, 0.05) is 11.6 Å². The van der Waals surface area contributed by atoms with Gasteiger partial charge in [-0.2, -0.15) is 5.10 Å². The van der Waals surface area contributed by atoms with Crippen molar-refractivity contribution < 1.29 is 4.39 Å². The fraction of sp³-hybridized carbons (Fsp3) is 0.250. The second kappa shape index (κ2) is 4.06. The fourth-order valence-electron chi connectivity index (χ4n) is 1.52. The third-order valence-electron chi connectivity index (χ3n) is 2.54. The third kappa shape index (κ3) is 1.97. The monoisotopic (exact) mass is 219 g/mol. The van der Waals surface area contributed by atoms with Crippen molar-refractivity contribution in [3.8, 4) is 11.3 Å². The second-order valence-electron chi connectivity index (χ2n) is 3.96. The van der Waals surface area contributed by atoms with Crippen LogP contribution in [0.15, 0.2) is 24.3 Å². The van der Waals surface area contributed by atoms with Crippen molar-refractivity contribution in [1.82, 2.24) is 10.2 Å². The lowest BCUT2D eigenvalue weighted by atomic mass is 10.1. The first kappa shape index (κ1) is 10.8. The van der Waals surface area contributed by atoms with Crippen LogP contribution < -0.4 is 5.73 Å². The number of benzene rings is 1. The highest BCUT2D eigenvalue weighted by Gasteiger charge is 2.08. The smallest absolute Gasteiger partial charge is 0.126 e. The van der Waals surface area contributed by atoms with E-state index in [-0.39, 0.29) is 11.9 Å². The Bertz CT molecular complexity index is 503. The predicted molar refractivity (Wildman–Crippen MR) is 61.3 cm³/mol. The van der Waals surface area contributed by atoms with Gasteiger partial charge in [-0.05, 0) is 43.7 Å². The molecule has 84 valence electrons. The molecule has 0 amide bonds. The Morgan fingerprint density at radius 3 is 2.69 bits per heavy atom. The molecule has 0 radical (unpaired) electrons. The Morgan fingerprint density at radius 1 is 1.38 bits per heavy atom. The average molecular weight is 219 g/mol. The molecule has 1 aromatic heterocycles. The van der Waals surface area contributed by atoms with E-state index in [1.807, 2.05) is 13.0 Å². The minimum atomic E-state index is -0.202. The van der Waals surface area contributed by atoms with E-state index in [9.17, 15) is 4.39 Å². The molecule has 0 saturated heterocycles. The molecule has 0 aliphatic rings. The summed E-state index contributed by atoms with van der Waals surface area (Å²) in [6, 6.07) is 6.74. The molecule has 0 spiro atoms. The van der Waals surface area contributed by atoms with Crippen molar-refractivity contribution in [3.05, 3.63) is 41.3 Å². The van der Waals surface area contributed by atoms with E-state index in [4.69, 9.17) is 5.73 Å². The van der Waals surface area contributed by atoms with Crippen LogP contribution in [0.1, 0.15) is 24.2 Å². The highest BCUT2D eigenvalue weighted by Crippen LogP contribution is 2.21. The fourth-order valence-corrected chi connectivity index (χ4v) is 1.52. The van der Waals surface area contributed by atoms with E-state index in [2.05, 4.69) is 10.2 Å². The summed E-state index contributed by atoms with van der Waals surface area (Å²) >= 11 is 0. The molecule has 0 saturated carbocycles. The van der Waals surface area contributed by atoms with E-state index < -0.39 is 0 Å². The lowest BCUT2D eigenvalue weighted by Crippen LogP contribution is -2.04. The number of nitrogens with one attached hydrogen (secondary N) is 1. The topological polar surface area (TPSA) is 54.7 Å². The molecule has 3 N–H and O–H groups in total. The summed E-state index contributed by atoms with van der Waals surface area (Å²) in [5.41, 5.74) is 8.89. The van der Waals surface area contributed by atoms with E-state index >= 15 is 0 Å². The molecule has 1 heterocycles. The third-order valence-corrected chi connectivity index (χ3v) is 2.54. The van der Waals surface area contributed by atoms with Gasteiger partial charge in [-0.15, -0.1) is 0 Å². The summed E-state index contributed by atoms with van der Waals surface area (Å²) in [4.78, 5) is 0. The number of hydrogen-bond acceptors (Lipinski definition) is 2. The lowest BCUT2D eigenvalue weighted by molar-refractivity contribution is 0.619. The van der Waals surface area contributed by atoms with Crippen LogP contribution in [0.4, 0.5) is 4.39 Å². The Balaban J connectivity index is 2.39. The molecule has 16 heavy (non-hydrogen) atoms. The Labute approximate surface area is 93.5 Å². The van der Waals surface area contributed by atoms with Crippen molar-refractivity contribution in [2.75, 3.05) is 0 Å². The van der Waals surface area contributed by atoms with Gasteiger partial charge >= 0.3 is 0 Å². The number of aromatic nitrogens is 2. The van der Waals surface area contributed by atoms with Crippen molar-refractivity contribution in [1.29, 1.82) is 0 Å². The van der Waals surface area contributed by atoms with Crippen LogP contribution in [0.3, 0.4) is 0 Å². The number of hydrogen-bond donors (Lipinski definition) is 2. The van der Waals surface area contributed by atoms with E-state index in [1.165, 1.54) is 6.07 Å². The Kier molecular flexibility index (Phi) is 2.75. The SMILES string of the molecule is Cc1cc(-c2cc(C(C)N)[nH]n2)ccc1F. The largest absolute Gasteiger partial charge is 0.323 e. The summed E-state index contributed by atoms with van der Waals surface area (Å²) in [6.45, 7) is 3.62. The van der Waals surface area contributed by atoms with Gasteiger partial charge in [-0.1, -0.05) is 0 Å². The summed E-state index contributed by atoms with van der Waals surface area (Å²) in [5.74, 6) is -0.202. The Morgan fingerprint density at radius 2 is 2.12 bits per heavy atom. The van der Waals surface area contributed by atoms with Crippen molar-refractivity contribution in [2.45, 2.75) is 19.9 Å². The molecule has 1 unspecified atom stereocenters. The van der Waals surface area contributed by atoms with Crippen LogP contribution >= 0.6 is 0 Å². The predicted octanol–water partition coefficient (Wildman–Crippen LogP) is 2.54. The van der Waals surface area contributed by atoms with Gasteiger partial charge in [0.15, 0.2) is 0 Å². The zero-order valence-corrected chi connectivity index (χ0v) is 9.29. The number of halogens is 1. The van der Waals surface area contributed by atoms with E-state index in [0.29, 0.717) is 5.56 Å². The molecule has 0 bridgehead atoms. The van der Waals surface area contributed by atoms with Gasteiger partial charge in [-0.25, -0.2) is 4.39 Å². The van der Waals surface area contributed by atoms with Crippen LogP contribution in [-0.4, -0.2) is 10.2 Å².